The topological polar surface area (TPSA) is 56.2 Å². The second-order valence-electron chi connectivity index (χ2n) is 5.36. The van der Waals surface area contributed by atoms with E-state index in [2.05, 4.69) is 10.4 Å². The maximum atomic E-state index is 12.4. The third-order valence-electron chi connectivity index (χ3n) is 3.87. The molecule has 2 rings (SSSR count). The lowest BCUT2D eigenvalue weighted by atomic mass is 9.98. The highest BCUT2D eigenvalue weighted by atomic mass is 16.5. The second-order valence-corrected chi connectivity index (χ2v) is 5.36. The Labute approximate surface area is 114 Å². The first-order valence-corrected chi connectivity index (χ1v) is 6.96. The predicted octanol–water partition coefficient (Wildman–Crippen LogP) is 1.90. The van der Waals surface area contributed by atoms with Crippen molar-refractivity contribution in [3.05, 3.63) is 17.5 Å². The summed E-state index contributed by atoms with van der Waals surface area (Å²) in [6, 6.07) is 0. The van der Waals surface area contributed by atoms with Gasteiger partial charge in [-0.2, -0.15) is 5.10 Å². The van der Waals surface area contributed by atoms with Crippen LogP contribution < -0.4 is 5.32 Å². The van der Waals surface area contributed by atoms with Gasteiger partial charge in [-0.15, -0.1) is 0 Å². The number of carbonyl (C=O) groups excluding carboxylic acids is 1. The van der Waals surface area contributed by atoms with E-state index < -0.39 is 0 Å². The molecule has 0 bridgehead atoms. The molecule has 0 atom stereocenters. The fraction of sp³-hybridized carbons (Fsp3) is 0.714. The van der Waals surface area contributed by atoms with E-state index in [9.17, 15) is 4.79 Å². The molecule has 1 amide bonds. The number of hydrogen-bond acceptors (Lipinski definition) is 3. The van der Waals surface area contributed by atoms with E-state index in [0.29, 0.717) is 12.2 Å². The molecule has 0 spiro atoms. The molecule has 1 aromatic heterocycles. The van der Waals surface area contributed by atoms with E-state index in [4.69, 9.17) is 4.74 Å². The van der Waals surface area contributed by atoms with Gasteiger partial charge >= 0.3 is 0 Å². The van der Waals surface area contributed by atoms with Gasteiger partial charge < -0.3 is 10.1 Å². The predicted molar refractivity (Wildman–Crippen MR) is 73.2 cm³/mol. The van der Waals surface area contributed by atoms with Crippen LogP contribution in [0.5, 0.6) is 0 Å². The summed E-state index contributed by atoms with van der Waals surface area (Å²) in [6.07, 6.45) is 6.11. The molecule has 0 saturated heterocycles. The fourth-order valence-corrected chi connectivity index (χ4v) is 2.84. The highest BCUT2D eigenvalue weighted by Gasteiger charge is 2.36. The number of carbonyl (C=O) groups is 1. The Balaban J connectivity index is 2.12. The fourth-order valence-electron chi connectivity index (χ4n) is 2.84. The van der Waals surface area contributed by atoms with Gasteiger partial charge in [-0.05, 0) is 26.7 Å². The van der Waals surface area contributed by atoms with Crippen LogP contribution in [0.4, 0.5) is 0 Å². The number of ether oxygens (including phenoxy) is 1. The van der Waals surface area contributed by atoms with Crippen molar-refractivity contribution in [3.8, 4) is 0 Å². The van der Waals surface area contributed by atoms with Crippen LogP contribution in [0.2, 0.25) is 0 Å². The van der Waals surface area contributed by atoms with Gasteiger partial charge in [-0.3, -0.25) is 9.48 Å². The van der Waals surface area contributed by atoms with E-state index in [1.54, 1.807) is 11.8 Å². The minimum atomic E-state index is -0.188. The van der Waals surface area contributed by atoms with Crippen molar-refractivity contribution in [1.29, 1.82) is 0 Å². The van der Waals surface area contributed by atoms with Crippen molar-refractivity contribution >= 4 is 5.91 Å². The normalized spacial score (nSPS) is 17.6. The molecule has 0 aliphatic heterocycles. The molecule has 0 radical (unpaired) electrons. The van der Waals surface area contributed by atoms with E-state index in [1.165, 1.54) is 0 Å². The van der Waals surface area contributed by atoms with Gasteiger partial charge in [0.15, 0.2) is 0 Å². The first kappa shape index (κ1) is 14.1. The molecule has 1 heterocycles. The number of aromatic nitrogens is 2. The van der Waals surface area contributed by atoms with Crippen LogP contribution in [0.15, 0.2) is 6.20 Å². The summed E-state index contributed by atoms with van der Waals surface area (Å²) in [4.78, 5) is 12.4. The molecule has 106 valence electrons. The Hall–Kier alpha value is -1.36. The molecule has 5 heteroatoms. The average molecular weight is 265 g/mol. The Kier molecular flexibility index (Phi) is 4.24. The molecule has 1 aliphatic carbocycles. The number of amides is 1. The molecule has 1 N–H and O–H groups in total. The Morgan fingerprint density at radius 1 is 1.53 bits per heavy atom. The highest BCUT2D eigenvalue weighted by Crippen LogP contribution is 2.30. The molecule has 1 saturated carbocycles. The zero-order valence-electron chi connectivity index (χ0n) is 12.0. The maximum absolute atomic E-state index is 12.4. The second kappa shape index (κ2) is 5.74. The number of hydrogen-bond donors (Lipinski definition) is 1. The maximum Gasteiger partial charge on any atom is 0.255 e. The summed E-state index contributed by atoms with van der Waals surface area (Å²) >= 11 is 0. The third kappa shape index (κ3) is 2.97. The summed E-state index contributed by atoms with van der Waals surface area (Å²) in [5.41, 5.74) is 1.27. The summed E-state index contributed by atoms with van der Waals surface area (Å²) in [5, 5.41) is 7.49. The van der Waals surface area contributed by atoms with Gasteiger partial charge in [0, 0.05) is 19.9 Å². The van der Waals surface area contributed by atoms with E-state index in [1.807, 2.05) is 20.0 Å². The van der Waals surface area contributed by atoms with Gasteiger partial charge in [0.25, 0.3) is 5.91 Å². The number of rotatable bonds is 5. The van der Waals surface area contributed by atoms with Crippen molar-refractivity contribution in [1.82, 2.24) is 15.1 Å². The number of nitrogens with zero attached hydrogens (tertiary/aromatic N) is 2. The van der Waals surface area contributed by atoms with Crippen LogP contribution in [0.3, 0.4) is 0 Å². The lowest BCUT2D eigenvalue weighted by molar-refractivity contribution is 0.0766. The SMILES string of the molecule is CCn1cc(C(=O)NC2(COC)CCCC2)c(C)n1. The molecule has 19 heavy (non-hydrogen) atoms. The first-order valence-electron chi connectivity index (χ1n) is 6.96. The van der Waals surface area contributed by atoms with Crippen LogP contribution in [-0.2, 0) is 11.3 Å². The van der Waals surface area contributed by atoms with Crippen LogP contribution in [0, 0.1) is 6.92 Å². The zero-order chi connectivity index (χ0) is 13.9. The van der Waals surface area contributed by atoms with Gasteiger partial charge in [-0.1, -0.05) is 12.8 Å². The molecule has 0 unspecified atom stereocenters. The van der Waals surface area contributed by atoms with Crippen molar-refractivity contribution in [3.63, 3.8) is 0 Å². The van der Waals surface area contributed by atoms with Gasteiger partial charge in [-0.25, -0.2) is 0 Å². The molecule has 0 aromatic carbocycles. The first-order chi connectivity index (χ1) is 9.10. The minimum absolute atomic E-state index is 0.0313. The number of methoxy groups -OCH3 is 1. The smallest absolute Gasteiger partial charge is 0.255 e. The quantitative estimate of drug-likeness (QED) is 0.884. The third-order valence-corrected chi connectivity index (χ3v) is 3.87. The van der Waals surface area contributed by atoms with Crippen LogP contribution in [0.1, 0.15) is 48.7 Å². The zero-order valence-corrected chi connectivity index (χ0v) is 12.0. The largest absolute Gasteiger partial charge is 0.382 e. The van der Waals surface area contributed by atoms with Gasteiger partial charge in [0.1, 0.15) is 0 Å². The Morgan fingerprint density at radius 3 is 2.74 bits per heavy atom. The molecular formula is C14H23N3O2. The monoisotopic (exact) mass is 265 g/mol. The van der Waals surface area contributed by atoms with Gasteiger partial charge in [0.05, 0.1) is 23.4 Å². The molecule has 1 aliphatic rings. The van der Waals surface area contributed by atoms with Crippen molar-refractivity contribution in [2.45, 2.75) is 51.6 Å². The lowest BCUT2D eigenvalue weighted by Gasteiger charge is -2.29. The number of aryl methyl sites for hydroxylation is 2. The standard InChI is InChI=1S/C14H23N3O2/c1-4-17-9-12(11(2)16-17)13(18)15-14(10-19-3)7-5-6-8-14/h9H,4-8,10H2,1-3H3,(H,15,18). The van der Waals surface area contributed by atoms with Crippen molar-refractivity contribution in [2.75, 3.05) is 13.7 Å². The van der Waals surface area contributed by atoms with Gasteiger partial charge in [0.2, 0.25) is 0 Å². The summed E-state index contributed by atoms with van der Waals surface area (Å²) in [6.45, 7) is 5.24. The summed E-state index contributed by atoms with van der Waals surface area (Å²) < 4.78 is 7.08. The van der Waals surface area contributed by atoms with Crippen molar-refractivity contribution in [2.24, 2.45) is 0 Å². The molecular weight excluding hydrogens is 242 g/mol. The molecule has 5 nitrogen and oxygen atoms in total. The summed E-state index contributed by atoms with van der Waals surface area (Å²) in [5.74, 6) is -0.0313. The number of nitrogens with one attached hydrogen (secondary N) is 1. The Bertz CT molecular complexity index is 448. The Morgan fingerprint density at radius 2 is 2.21 bits per heavy atom. The van der Waals surface area contributed by atoms with E-state index >= 15 is 0 Å². The van der Waals surface area contributed by atoms with E-state index in [0.717, 1.165) is 37.9 Å². The average Bonchev–Trinajstić information content (AvgIpc) is 2.97. The van der Waals surface area contributed by atoms with Crippen LogP contribution in [0.25, 0.3) is 0 Å². The van der Waals surface area contributed by atoms with Crippen molar-refractivity contribution < 1.29 is 9.53 Å². The minimum Gasteiger partial charge on any atom is -0.382 e. The van der Waals surface area contributed by atoms with E-state index in [-0.39, 0.29) is 11.4 Å². The summed E-state index contributed by atoms with van der Waals surface area (Å²) in [7, 11) is 1.69. The molecule has 1 fully saturated rings. The molecule has 1 aromatic rings. The lowest BCUT2D eigenvalue weighted by Crippen LogP contribution is -2.49. The van der Waals surface area contributed by atoms with Crippen LogP contribution >= 0.6 is 0 Å². The van der Waals surface area contributed by atoms with Crippen LogP contribution in [-0.4, -0.2) is 34.9 Å². The highest BCUT2D eigenvalue weighted by molar-refractivity contribution is 5.95.